The fourth-order valence-electron chi connectivity index (χ4n) is 5.10. The molecule has 3 aromatic carbocycles. The van der Waals surface area contributed by atoms with Gasteiger partial charge in [-0.3, -0.25) is 0 Å². The Morgan fingerprint density at radius 3 is 2.26 bits per heavy atom. The number of halogens is 1. The molecule has 178 valence electrons. The molecule has 1 heterocycles. The fraction of sp³-hybridized carbons (Fsp3) is 0.345. The van der Waals surface area contributed by atoms with Crippen molar-refractivity contribution in [1.29, 1.82) is 0 Å². The molecule has 1 fully saturated rings. The van der Waals surface area contributed by atoms with Crippen molar-refractivity contribution in [3.63, 3.8) is 0 Å². The molecule has 1 aliphatic heterocycles. The molecule has 3 aromatic rings. The Balaban J connectivity index is 1.50. The molecule has 0 spiro atoms. The summed E-state index contributed by atoms with van der Waals surface area (Å²) in [5.74, 6) is 0.291. The second kappa shape index (κ2) is 11.1. The van der Waals surface area contributed by atoms with Gasteiger partial charge in [0.25, 0.3) is 0 Å². The van der Waals surface area contributed by atoms with Gasteiger partial charge in [0.15, 0.2) is 0 Å². The van der Waals surface area contributed by atoms with Crippen LogP contribution in [0.1, 0.15) is 41.7 Å². The number of rotatable bonds is 7. The lowest BCUT2D eigenvalue weighted by Crippen LogP contribution is -2.39. The van der Waals surface area contributed by atoms with Crippen LogP contribution in [0, 0.1) is 5.92 Å². The van der Waals surface area contributed by atoms with Crippen LogP contribution in [0.5, 0.6) is 0 Å². The third-order valence-corrected chi connectivity index (χ3v) is 6.97. The lowest BCUT2D eigenvalue weighted by atomic mass is 9.81. The van der Waals surface area contributed by atoms with Crippen molar-refractivity contribution in [2.24, 2.45) is 5.92 Å². The van der Waals surface area contributed by atoms with Crippen LogP contribution in [0.25, 0.3) is 11.1 Å². The van der Waals surface area contributed by atoms with E-state index in [0.29, 0.717) is 24.1 Å². The van der Waals surface area contributed by atoms with Crippen LogP contribution < -0.4 is 4.90 Å². The molecule has 0 amide bonds. The van der Waals surface area contributed by atoms with E-state index in [-0.39, 0.29) is 5.97 Å². The Bertz CT molecular complexity index is 1090. The van der Waals surface area contributed by atoms with Gasteiger partial charge in [-0.05, 0) is 92.9 Å². The summed E-state index contributed by atoms with van der Waals surface area (Å²) < 4.78 is 5.10. The zero-order chi connectivity index (χ0) is 24.1. The molecular weight excluding hydrogens is 444 g/mol. The Morgan fingerprint density at radius 1 is 1.00 bits per heavy atom. The van der Waals surface area contributed by atoms with E-state index in [4.69, 9.17) is 16.3 Å². The van der Waals surface area contributed by atoms with Gasteiger partial charge in [0.1, 0.15) is 0 Å². The Hall–Kier alpha value is -2.82. The van der Waals surface area contributed by atoms with Crippen molar-refractivity contribution in [2.45, 2.75) is 25.8 Å². The highest BCUT2D eigenvalue weighted by molar-refractivity contribution is 6.30. The van der Waals surface area contributed by atoms with Crippen molar-refractivity contribution in [2.75, 3.05) is 38.7 Å². The molecule has 0 saturated carbocycles. The number of hydrogen-bond donors (Lipinski definition) is 0. The maximum Gasteiger partial charge on any atom is 0.338 e. The maximum atomic E-state index is 11.9. The number of piperidine rings is 1. The van der Waals surface area contributed by atoms with Crippen LogP contribution in [-0.2, 0) is 4.74 Å². The van der Waals surface area contributed by atoms with Crippen molar-refractivity contribution < 1.29 is 9.53 Å². The van der Waals surface area contributed by atoms with Crippen molar-refractivity contribution in [1.82, 2.24) is 4.90 Å². The number of nitrogens with zero attached hydrogens (tertiary/aromatic N) is 2. The summed E-state index contributed by atoms with van der Waals surface area (Å²) in [5, 5.41) is 0.757. The predicted octanol–water partition coefficient (Wildman–Crippen LogP) is 6.70. The number of hydrogen-bond acceptors (Lipinski definition) is 4. The van der Waals surface area contributed by atoms with E-state index in [1.165, 1.54) is 16.7 Å². The van der Waals surface area contributed by atoms with Crippen molar-refractivity contribution >= 4 is 23.3 Å². The standard InChI is InChI=1S/C29H33ClN2O2/c1-4-34-29(33)23-11-15-25(16-12-23)32-19-17-22(18-20-32)28(31(2)3)27-8-6-5-7-26(27)21-9-13-24(30)14-10-21/h5-16,22,28H,4,17-20H2,1-3H3/t28-/m1/s1. The minimum atomic E-state index is -0.263. The van der Waals surface area contributed by atoms with Crippen molar-refractivity contribution in [3.8, 4) is 11.1 Å². The highest BCUT2D eigenvalue weighted by Crippen LogP contribution is 2.40. The number of esters is 1. The van der Waals surface area contributed by atoms with Gasteiger partial charge in [-0.15, -0.1) is 0 Å². The molecule has 5 heteroatoms. The first-order valence-corrected chi connectivity index (χ1v) is 12.4. The molecule has 4 rings (SSSR count). The summed E-state index contributed by atoms with van der Waals surface area (Å²) in [6.45, 7) is 4.21. The van der Waals surface area contributed by atoms with E-state index in [1.807, 2.05) is 43.3 Å². The number of carbonyl (C=O) groups is 1. The third kappa shape index (κ3) is 5.45. The van der Waals surface area contributed by atoms with Crippen LogP contribution in [0.3, 0.4) is 0 Å². The molecule has 34 heavy (non-hydrogen) atoms. The van der Waals surface area contributed by atoms with Gasteiger partial charge in [0.2, 0.25) is 0 Å². The topological polar surface area (TPSA) is 32.8 Å². The van der Waals surface area contributed by atoms with E-state index in [2.05, 4.69) is 60.3 Å². The zero-order valence-corrected chi connectivity index (χ0v) is 21.0. The lowest BCUT2D eigenvalue weighted by molar-refractivity contribution is 0.0526. The number of carbonyl (C=O) groups excluding carboxylic acids is 1. The molecule has 1 aliphatic rings. The second-order valence-corrected chi connectivity index (χ2v) is 9.53. The first-order chi connectivity index (χ1) is 16.5. The molecule has 0 bridgehead atoms. The Morgan fingerprint density at radius 2 is 1.65 bits per heavy atom. The minimum absolute atomic E-state index is 0.263. The summed E-state index contributed by atoms with van der Waals surface area (Å²) in [5.41, 5.74) is 5.61. The van der Waals surface area contributed by atoms with Crippen LogP contribution in [0.4, 0.5) is 5.69 Å². The molecule has 0 unspecified atom stereocenters. The van der Waals surface area contributed by atoms with Crippen molar-refractivity contribution in [3.05, 3.63) is 88.9 Å². The van der Waals surface area contributed by atoms with Gasteiger partial charge in [-0.2, -0.15) is 0 Å². The fourth-order valence-corrected chi connectivity index (χ4v) is 5.22. The second-order valence-electron chi connectivity index (χ2n) is 9.09. The molecule has 0 aliphatic carbocycles. The van der Waals surface area contributed by atoms with E-state index in [9.17, 15) is 4.79 Å². The largest absolute Gasteiger partial charge is 0.462 e. The molecule has 4 nitrogen and oxygen atoms in total. The smallest absolute Gasteiger partial charge is 0.338 e. The minimum Gasteiger partial charge on any atom is -0.462 e. The van der Waals surface area contributed by atoms with E-state index < -0.39 is 0 Å². The molecule has 1 atom stereocenters. The summed E-state index contributed by atoms with van der Waals surface area (Å²) in [7, 11) is 4.37. The number of ether oxygens (including phenoxy) is 1. The maximum absolute atomic E-state index is 11.9. The van der Waals surface area contributed by atoms with Gasteiger partial charge in [-0.25, -0.2) is 4.79 Å². The van der Waals surface area contributed by atoms with Gasteiger partial charge >= 0.3 is 5.97 Å². The lowest BCUT2D eigenvalue weighted by Gasteiger charge is -2.40. The molecule has 0 aromatic heterocycles. The molecule has 0 radical (unpaired) electrons. The first-order valence-electron chi connectivity index (χ1n) is 12.0. The highest BCUT2D eigenvalue weighted by atomic mass is 35.5. The average molecular weight is 477 g/mol. The van der Waals surface area contributed by atoms with Crippen LogP contribution in [0.2, 0.25) is 5.02 Å². The quantitative estimate of drug-likeness (QED) is 0.355. The average Bonchev–Trinajstić information content (AvgIpc) is 2.86. The predicted molar refractivity (Wildman–Crippen MR) is 141 cm³/mol. The van der Waals surface area contributed by atoms with Gasteiger partial charge in [0.05, 0.1) is 12.2 Å². The third-order valence-electron chi connectivity index (χ3n) is 6.72. The van der Waals surface area contributed by atoms with Gasteiger partial charge < -0.3 is 14.5 Å². The highest BCUT2D eigenvalue weighted by Gasteiger charge is 2.30. The number of anilines is 1. The monoisotopic (exact) mass is 476 g/mol. The van der Waals surface area contributed by atoms with E-state index >= 15 is 0 Å². The van der Waals surface area contributed by atoms with Crippen LogP contribution in [-0.4, -0.2) is 44.7 Å². The summed E-state index contributed by atoms with van der Waals surface area (Å²) in [6, 6.07) is 25.0. The van der Waals surface area contributed by atoms with Crippen LogP contribution >= 0.6 is 11.6 Å². The normalized spacial score (nSPS) is 15.4. The Labute approximate surface area is 208 Å². The van der Waals surface area contributed by atoms with E-state index in [0.717, 1.165) is 36.6 Å². The molecular formula is C29H33ClN2O2. The molecule has 1 saturated heterocycles. The van der Waals surface area contributed by atoms with Gasteiger partial charge in [-0.1, -0.05) is 48.0 Å². The SMILES string of the molecule is CCOC(=O)c1ccc(N2CCC([C@H](c3ccccc3-c3ccc(Cl)cc3)N(C)C)CC2)cc1. The zero-order valence-electron chi connectivity index (χ0n) is 20.2. The first kappa shape index (κ1) is 24.3. The van der Waals surface area contributed by atoms with Crippen LogP contribution in [0.15, 0.2) is 72.8 Å². The molecule has 0 N–H and O–H groups in total. The summed E-state index contributed by atoms with van der Waals surface area (Å²) in [6.07, 6.45) is 2.22. The van der Waals surface area contributed by atoms with E-state index in [1.54, 1.807) is 0 Å². The van der Waals surface area contributed by atoms with Gasteiger partial charge in [0, 0.05) is 29.8 Å². The summed E-state index contributed by atoms with van der Waals surface area (Å²) in [4.78, 5) is 16.7. The summed E-state index contributed by atoms with van der Waals surface area (Å²) >= 11 is 6.14. The number of benzene rings is 3. The Kier molecular flexibility index (Phi) is 7.91.